The van der Waals surface area contributed by atoms with Gasteiger partial charge in [-0.1, -0.05) is 58.4 Å². The van der Waals surface area contributed by atoms with Crippen molar-refractivity contribution in [2.75, 3.05) is 0 Å². The molecule has 0 aliphatic heterocycles. The number of nitrogens with zero attached hydrogens (tertiary/aromatic N) is 1. The van der Waals surface area contributed by atoms with E-state index in [-0.39, 0.29) is 6.04 Å². The number of hydrogen-bond acceptors (Lipinski definition) is 2. The fraction of sp³-hybridized carbons (Fsp3) is 0.0625. The van der Waals surface area contributed by atoms with Gasteiger partial charge in [-0.3, -0.25) is 4.98 Å². The fourth-order valence-corrected chi connectivity index (χ4v) is 2.81. The zero-order chi connectivity index (χ0) is 13.2. The molecular weight excluding hydrogens is 300 g/mol. The number of fused-ring (bicyclic) bond motifs is 1. The standard InChI is InChI=1S/C16H13BrN2/c17-15-8-4-3-7-13(15)16(18)14-10-19-9-11-5-1-2-6-12(11)14/h1-10,16H,18H2. The maximum atomic E-state index is 6.41. The normalized spacial score (nSPS) is 12.5. The molecule has 2 N–H and O–H groups in total. The van der Waals surface area contributed by atoms with E-state index in [9.17, 15) is 0 Å². The Kier molecular flexibility index (Phi) is 3.32. The minimum absolute atomic E-state index is 0.186. The lowest BCUT2D eigenvalue weighted by molar-refractivity contribution is 0.868. The first kappa shape index (κ1) is 12.3. The van der Waals surface area contributed by atoms with Gasteiger partial charge in [0.25, 0.3) is 0 Å². The second kappa shape index (κ2) is 5.11. The largest absolute Gasteiger partial charge is 0.320 e. The second-order valence-corrected chi connectivity index (χ2v) is 5.30. The van der Waals surface area contributed by atoms with E-state index in [4.69, 9.17) is 5.73 Å². The molecule has 0 bridgehead atoms. The summed E-state index contributed by atoms with van der Waals surface area (Å²) in [7, 11) is 0. The van der Waals surface area contributed by atoms with Crippen molar-refractivity contribution in [1.29, 1.82) is 0 Å². The van der Waals surface area contributed by atoms with Crippen molar-refractivity contribution in [3.05, 3.63) is 76.5 Å². The quantitative estimate of drug-likeness (QED) is 0.775. The van der Waals surface area contributed by atoms with Gasteiger partial charge in [0, 0.05) is 22.3 Å². The Morgan fingerprint density at radius 3 is 2.47 bits per heavy atom. The van der Waals surface area contributed by atoms with E-state index in [1.54, 1.807) is 0 Å². The summed E-state index contributed by atoms with van der Waals surface area (Å²) in [5.74, 6) is 0. The molecule has 0 aliphatic rings. The van der Waals surface area contributed by atoms with E-state index in [1.165, 1.54) is 0 Å². The Hall–Kier alpha value is -1.71. The number of benzene rings is 2. The molecule has 0 saturated heterocycles. The average molecular weight is 313 g/mol. The number of hydrogen-bond donors (Lipinski definition) is 1. The van der Waals surface area contributed by atoms with Crippen LogP contribution in [0.1, 0.15) is 17.2 Å². The third kappa shape index (κ3) is 2.27. The Labute approximate surface area is 120 Å². The highest BCUT2D eigenvalue weighted by atomic mass is 79.9. The van der Waals surface area contributed by atoms with E-state index < -0.39 is 0 Å². The van der Waals surface area contributed by atoms with Crippen LogP contribution in [0.4, 0.5) is 0 Å². The number of aromatic nitrogens is 1. The van der Waals surface area contributed by atoms with E-state index in [0.717, 1.165) is 26.4 Å². The first-order valence-corrected chi connectivity index (χ1v) is 6.89. The maximum absolute atomic E-state index is 6.41. The first-order chi connectivity index (χ1) is 9.27. The van der Waals surface area contributed by atoms with Crippen LogP contribution in [0.5, 0.6) is 0 Å². The first-order valence-electron chi connectivity index (χ1n) is 6.10. The van der Waals surface area contributed by atoms with E-state index in [1.807, 2.05) is 48.8 Å². The highest BCUT2D eigenvalue weighted by Gasteiger charge is 2.14. The van der Waals surface area contributed by atoms with Gasteiger partial charge in [-0.05, 0) is 22.6 Å². The molecule has 0 radical (unpaired) electrons. The van der Waals surface area contributed by atoms with Crippen molar-refractivity contribution in [1.82, 2.24) is 4.98 Å². The van der Waals surface area contributed by atoms with Crippen LogP contribution in [-0.4, -0.2) is 4.98 Å². The van der Waals surface area contributed by atoms with Crippen LogP contribution in [0, 0.1) is 0 Å². The van der Waals surface area contributed by atoms with Gasteiger partial charge in [-0.25, -0.2) is 0 Å². The van der Waals surface area contributed by atoms with Crippen LogP contribution in [0.3, 0.4) is 0 Å². The Balaban J connectivity index is 2.17. The van der Waals surface area contributed by atoms with Crippen LogP contribution < -0.4 is 5.73 Å². The van der Waals surface area contributed by atoms with Crippen LogP contribution in [0.25, 0.3) is 10.8 Å². The fourth-order valence-electron chi connectivity index (χ4n) is 2.28. The molecule has 0 amide bonds. The predicted octanol–water partition coefficient (Wildman–Crippen LogP) is 4.05. The molecule has 1 aromatic heterocycles. The van der Waals surface area contributed by atoms with Gasteiger partial charge in [0.1, 0.15) is 0 Å². The van der Waals surface area contributed by atoms with Gasteiger partial charge in [0.2, 0.25) is 0 Å². The average Bonchev–Trinajstić information content (AvgIpc) is 2.46. The minimum Gasteiger partial charge on any atom is -0.320 e. The number of rotatable bonds is 2. The van der Waals surface area contributed by atoms with Crippen molar-refractivity contribution in [2.24, 2.45) is 5.73 Å². The van der Waals surface area contributed by atoms with Gasteiger partial charge in [-0.15, -0.1) is 0 Å². The second-order valence-electron chi connectivity index (χ2n) is 4.45. The van der Waals surface area contributed by atoms with Crippen LogP contribution in [0.2, 0.25) is 0 Å². The molecule has 3 rings (SSSR count). The van der Waals surface area contributed by atoms with Crippen LogP contribution in [-0.2, 0) is 0 Å². The molecule has 19 heavy (non-hydrogen) atoms. The van der Waals surface area contributed by atoms with Crippen molar-refractivity contribution in [2.45, 2.75) is 6.04 Å². The molecule has 1 unspecified atom stereocenters. The SMILES string of the molecule is NC(c1ccccc1Br)c1cncc2ccccc12. The summed E-state index contributed by atoms with van der Waals surface area (Å²) in [5, 5.41) is 2.27. The molecule has 1 atom stereocenters. The summed E-state index contributed by atoms with van der Waals surface area (Å²) in [6.07, 6.45) is 3.72. The number of pyridine rings is 1. The van der Waals surface area contributed by atoms with Crippen molar-refractivity contribution < 1.29 is 0 Å². The predicted molar refractivity (Wildman–Crippen MR) is 81.9 cm³/mol. The van der Waals surface area contributed by atoms with Gasteiger partial charge >= 0.3 is 0 Å². The molecule has 3 aromatic rings. The van der Waals surface area contributed by atoms with Crippen molar-refractivity contribution in [3.63, 3.8) is 0 Å². The molecule has 3 heteroatoms. The highest BCUT2D eigenvalue weighted by molar-refractivity contribution is 9.10. The third-order valence-electron chi connectivity index (χ3n) is 3.27. The van der Waals surface area contributed by atoms with Gasteiger partial charge in [0.05, 0.1) is 6.04 Å². The van der Waals surface area contributed by atoms with Crippen LogP contribution in [0.15, 0.2) is 65.4 Å². The maximum Gasteiger partial charge on any atom is 0.0584 e. The van der Waals surface area contributed by atoms with E-state index >= 15 is 0 Å². The minimum atomic E-state index is -0.186. The van der Waals surface area contributed by atoms with Crippen molar-refractivity contribution >= 4 is 26.7 Å². The molecule has 0 saturated carbocycles. The molecule has 0 aliphatic carbocycles. The smallest absolute Gasteiger partial charge is 0.0584 e. The van der Waals surface area contributed by atoms with E-state index in [0.29, 0.717) is 0 Å². The van der Waals surface area contributed by atoms with Gasteiger partial charge < -0.3 is 5.73 Å². The zero-order valence-electron chi connectivity index (χ0n) is 10.3. The molecule has 2 aromatic carbocycles. The van der Waals surface area contributed by atoms with Gasteiger partial charge in [0.15, 0.2) is 0 Å². The highest BCUT2D eigenvalue weighted by Crippen LogP contribution is 2.30. The molecule has 0 spiro atoms. The molecular formula is C16H13BrN2. The molecule has 1 heterocycles. The van der Waals surface area contributed by atoms with Gasteiger partial charge in [-0.2, -0.15) is 0 Å². The summed E-state index contributed by atoms with van der Waals surface area (Å²) in [5.41, 5.74) is 8.53. The molecule has 0 fully saturated rings. The number of nitrogens with two attached hydrogens (primary N) is 1. The van der Waals surface area contributed by atoms with E-state index in [2.05, 4.69) is 33.0 Å². The topological polar surface area (TPSA) is 38.9 Å². The Morgan fingerprint density at radius 2 is 1.63 bits per heavy atom. The third-order valence-corrected chi connectivity index (χ3v) is 4.00. The Bertz CT molecular complexity index is 719. The zero-order valence-corrected chi connectivity index (χ0v) is 11.8. The monoisotopic (exact) mass is 312 g/mol. The van der Waals surface area contributed by atoms with Crippen molar-refractivity contribution in [3.8, 4) is 0 Å². The Morgan fingerprint density at radius 1 is 0.895 bits per heavy atom. The summed E-state index contributed by atoms with van der Waals surface area (Å²) in [6, 6.07) is 16.0. The summed E-state index contributed by atoms with van der Waals surface area (Å²) < 4.78 is 1.02. The summed E-state index contributed by atoms with van der Waals surface area (Å²) in [4.78, 5) is 4.29. The lowest BCUT2D eigenvalue weighted by atomic mass is 9.96. The molecule has 2 nitrogen and oxygen atoms in total. The van der Waals surface area contributed by atoms with Crippen LogP contribution >= 0.6 is 15.9 Å². The lowest BCUT2D eigenvalue weighted by Crippen LogP contribution is -2.13. The summed E-state index contributed by atoms with van der Waals surface area (Å²) in [6.45, 7) is 0. The number of halogens is 1. The molecule has 94 valence electrons. The summed E-state index contributed by atoms with van der Waals surface area (Å²) >= 11 is 3.56. The lowest BCUT2D eigenvalue weighted by Gasteiger charge is -2.16.